The third kappa shape index (κ3) is 4.41. The summed E-state index contributed by atoms with van der Waals surface area (Å²) >= 11 is 0. The highest BCUT2D eigenvalue weighted by molar-refractivity contribution is 6.04. The predicted octanol–water partition coefficient (Wildman–Crippen LogP) is 3.49. The third-order valence-electron chi connectivity index (χ3n) is 4.21. The molecule has 0 spiro atoms. The summed E-state index contributed by atoms with van der Waals surface area (Å²) in [4.78, 5) is 30.4. The molecule has 2 aromatic carbocycles. The van der Waals surface area contributed by atoms with Crippen LogP contribution in [0, 0.1) is 19.7 Å². The van der Waals surface area contributed by atoms with Crippen molar-refractivity contribution in [2.24, 2.45) is 0 Å². The number of hydrogen-bond acceptors (Lipinski definition) is 3. The molecule has 3 aromatic rings. The molecule has 1 aromatic heterocycles. The first-order valence-electron chi connectivity index (χ1n) is 8.42. The molecule has 1 N–H and O–H groups in total. The summed E-state index contributed by atoms with van der Waals surface area (Å²) < 4.78 is 13.9. The minimum atomic E-state index is -0.569. The minimum Gasteiger partial charge on any atom is -0.406 e. The molecule has 0 fully saturated rings. The fourth-order valence-corrected chi connectivity index (χ4v) is 2.49. The van der Waals surface area contributed by atoms with Crippen LogP contribution in [0.1, 0.15) is 27.0 Å². The van der Waals surface area contributed by atoms with Crippen molar-refractivity contribution in [1.82, 2.24) is 4.73 Å². The SMILES string of the molecule is Cc1ccc(NC(=O)c2cccn(OCc3ccc(F)cc3)c2=O)cc1C. The molecule has 0 aliphatic carbocycles. The van der Waals surface area contributed by atoms with E-state index < -0.39 is 11.5 Å². The van der Waals surface area contributed by atoms with E-state index in [0.717, 1.165) is 15.9 Å². The number of aryl methyl sites for hydroxylation is 2. The van der Waals surface area contributed by atoms with Crippen LogP contribution < -0.4 is 15.7 Å². The van der Waals surface area contributed by atoms with E-state index in [2.05, 4.69) is 5.32 Å². The van der Waals surface area contributed by atoms with Gasteiger partial charge in [0.05, 0.1) is 0 Å². The smallest absolute Gasteiger partial charge is 0.295 e. The molecule has 0 unspecified atom stereocenters. The topological polar surface area (TPSA) is 60.3 Å². The number of nitrogens with one attached hydrogen (secondary N) is 1. The number of carbonyl (C=O) groups is 1. The molecule has 0 saturated carbocycles. The van der Waals surface area contributed by atoms with Gasteiger partial charge in [0.25, 0.3) is 11.5 Å². The first kappa shape index (κ1) is 18.4. The number of pyridine rings is 1. The van der Waals surface area contributed by atoms with Crippen molar-refractivity contribution >= 4 is 11.6 Å². The molecule has 0 aliphatic heterocycles. The van der Waals surface area contributed by atoms with Gasteiger partial charge in [0, 0.05) is 11.9 Å². The van der Waals surface area contributed by atoms with Gasteiger partial charge in [-0.05, 0) is 66.9 Å². The maximum atomic E-state index is 12.9. The molecule has 6 heteroatoms. The van der Waals surface area contributed by atoms with Crippen LogP contribution in [-0.2, 0) is 6.61 Å². The maximum Gasteiger partial charge on any atom is 0.295 e. The Morgan fingerprint density at radius 1 is 1.07 bits per heavy atom. The molecule has 0 saturated heterocycles. The van der Waals surface area contributed by atoms with Crippen LogP contribution in [0.5, 0.6) is 0 Å². The Morgan fingerprint density at radius 2 is 1.81 bits per heavy atom. The molecule has 0 bridgehead atoms. The molecule has 0 radical (unpaired) electrons. The normalized spacial score (nSPS) is 10.5. The van der Waals surface area contributed by atoms with Crippen LogP contribution in [0.2, 0.25) is 0 Å². The predicted molar refractivity (Wildman–Crippen MR) is 101 cm³/mol. The maximum absolute atomic E-state index is 12.9. The van der Waals surface area contributed by atoms with E-state index >= 15 is 0 Å². The zero-order valence-electron chi connectivity index (χ0n) is 15.0. The summed E-state index contributed by atoms with van der Waals surface area (Å²) in [5.41, 5.74) is 2.87. The quantitative estimate of drug-likeness (QED) is 0.752. The summed E-state index contributed by atoms with van der Waals surface area (Å²) in [6.45, 7) is 4.00. The molecule has 1 amide bonds. The standard InChI is InChI=1S/C21H19FN2O3/c1-14-5-10-18(12-15(14)2)23-20(25)19-4-3-11-24(21(19)26)27-13-16-6-8-17(22)9-7-16/h3-12H,13H2,1-2H3,(H,23,25). The highest BCUT2D eigenvalue weighted by Crippen LogP contribution is 2.14. The average molecular weight is 366 g/mol. The molecule has 0 atom stereocenters. The lowest BCUT2D eigenvalue weighted by molar-refractivity contribution is 0.0863. The fourth-order valence-electron chi connectivity index (χ4n) is 2.49. The number of rotatable bonds is 5. The zero-order chi connectivity index (χ0) is 19.4. The van der Waals surface area contributed by atoms with Gasteiger partial charge in [-0.1, -0.05) is 18.2 Å². The molecular weight excluding hydrogens is 347 g/mol. The van der Waals surface area contributed by atoms with E-state index in [9.17, 15) is 14.0 Å². The number of aromatic nitrogens is 1. The Morgan fingerprint density at radius 3 is 2.52 bits per heavy atom. The molecular formula is C21H19FN2O3. The Kier molecular flexibility index (Phi) is 5.35. The van der Waals surface area contributed by atoms with Crippen LogP contribution in [0.3, 0.4) is 0 Å². The first-order chi connectivity index (χ1) is 12.9. The second-order valence-corrected chi connectivity index (χ2v) is 6.21. The highest BCUT2D eigenvalue weighted by Gasteiger charge is 2.13. The average Bonchev–Trinajstić information content (AvgIpc) is 2.65. The van der Waals surface area contributed by atoms with Gasteiger partial charge in [0.15, 0.2) is 0 Å². The molecule has 0 aliphatic rings. The lowest BCUT2D eigenvalue weighted by Gasteiger charge is -2.11. The van der Waals surface area contributed by atoms with Crippen LogP contribution in [0.4, 0.5) is 10.1 Å². The lowest BCUT2D eigenvalue weighted by atomic mass is 10.1. The molecule has 3 rings (SSSR count). The molecule has 27 heavy (non-hydrogen) atoms. The summed E-state index contributed by atoms with van der Waals surface area (Å²) in [5, 5.41) is 2.72. The lowest BCUT2D eigenvalue weighted by Crippen LogP contribution is -2.32. The van der Waals surface area contributed by atoms with Crippen molar-refractivity contribution < 1.29 is 14.0 Å². The fraction of sp³-hybridized carbons (Fsp3) is 0.143. The van der Waals surface area contributed by atoms with Crippen LogP contribution >= 0.6 is 0 Å². The number of benzene rings is 2. The van der Waals surface area contributed by atoms with E-state index in [1.165, 1.54) is 24.4 Å². The van der Waals surface area contributed by atoms with Gasteiger partial charge in [-0.3, -0.25) is 9.59 Å². The van der Waals surface area contributed by atoms with Crippen molar-refractivity contribution in [2.45, 2.75) is 20.5 Å². The summed E-state index contributed by atoms with van der Waals surface area (Å²) in [6, 6.07) is 14.3. The van der Waals surface area contributed by atoms with Crippen molar-refractivity contribution in [3.05, 3.63) is 99.2 Å². The molecule has 138 valence electrons. The Balaban J connectivity index is 1.75. The van der Waals surface area contributed by atoms with Crippen molar-refractivity contribution in [3.63, 3.8) is 0 Å². The Bertz CT molecular complexity index is 1030. The second-order valence-electron chi connectivity index (χ2n) is 6.21. The Labute approximate surface area is 156 Å². The molecule has 5 nitrogen and oxygen atoms in total. The van der Waals surface area contributed by atoms with Crippen molar-refractivity contribution in [1.29, 1.82) is 0 Å². The van der Waals surface area contributed by atoms with E-state index in [-0.39, 0.29) is 18.0 Å². The largest absolute Gasteiger partial charge is 0.406 e. The number of anilines is 1. The van der Waals surface area contributed by atoms with Gasteiger partial charge >= 0.3 is 0 Å². The van der Waals surface area contributed by atoms with Crippen molar-refractivity contribution in [3.8, 4) is 0 Å². The number of halogens is 1. The summed E-state index contributed by atoms with van der Waals surface area (Å²) in [7, 11) is 0. The third-order valence-corrected chi connectivity index (χ3v) is 4.21. The van der Waals surface area contributed by atoms with Gasteiger partial charge in [0.2, 0.25) is 0 Å². The second kappa shape index (κ2) is 7.86. The number of nitrogens with zero attached hydrogens (tertiary/aromatic N) is 1. The van der Waals surface area contributed by atoms with Crippen LogP contribution in [0.15, 0.2) is 65.6 Å². The van der Waals surface area contributed by atoms with Gasteiger partial charge in [0.1, 0.15) is 18.0 Å². The van der Waals surface area contributed by atoms with Gasteiger partial charge in [-0.15, -0.1) is 0 Å². The summed E-state index contributed by atoms with van der Waals surface area (Å²) in [5.74, 6) is -0.857. The van der Waals surface area contributed by atoms with Crippen molar-refractivity contribution in [2.75, 3.05) is 5.32 Å². The van der Waals surface area contributed by atoms with E-state index in [4.69, 9.17) is 4.84 Å². The number of amides is 1. The van der Waals surface area contributed by atoms with Gasteiger partial charge in [-0.25, -0.2) is 4.39 Å². The van der Waals surface area contributed by atoms with Gasteiger partial charge < -0.3 is 10.2 Å². The number of carbonyl (C=O) groups excluding carboxylic acids is 1. The first-order valence-corrected chi connectivity index (χ1v) is 8.42. The summed E-state index contributed by atoms with van der Waals surface area (Å²) in [6.07, 6.45) is 1.43. The van der Waals surface area contributed by atoms with Gasteiger partial charge in [-0.2, -0.15) is 4.73 Å². The van der Waals surface area contributed by atoms with E-state index in [1.807, 2.05) is 26.0 Å². The van der Waals surface area contributed by atoms with Crippen LogP contribution in [-0.4, -0.2) is 10.6 Å². The highest BCUT2D eigenvalue weighted by atomic mass is 19.1. The minimum absolute atomic E-state index is 0.0326. The van der Waals surface area contributed by atoms with Crippen LogP contribution in [0.25, 0.3) is 0 Å². The zero-order valence-corrected chi connectivity index (χ0v) is 15.0. The number of hydrogen-bond donors (Lipinski definition) is 1. The van der Waals surface area contributed by atoms with E-state index in [1.54, 1.807) is 24.3 Å². The Hall–Kier alpha value is -3.41. The molecule has 1 heterocycles. The van der Waals surface area contributed by atoms with E-state index in [0.29, 0.717) is 11.3 Å². The monoisotopic (exact) mass is 366 g/mol.